The average molecular weight is 414 g/mol. The van der Waals surface area contributed by atoms with Crippen molar-refractivity contribution in [2.45, 2.75) is 6.92 Å². The number of ether oxygens (including phenoxy) is 3. The highest BCUT2D eigenvalue weighted by atomic mass is 16.5. The summed E-state index contributed by atoms with van der Waals surface area (Å²) in [5.41, 5.74) is 1.22. The maximum atomic E-state index is 12.0. The molecule has 0 radical (unpaired) electrons. The number of benzene rings is 2. The first kappa shape index (κ1) is 21.8. The molecule has 2 aromatic carbocycles. The zero-order chi connectivity index (χ0) is 21.2. The van der Waals surface area contributed by atoms with Gasteiger partial charge in [-0.05, 0) is 55.5 Å². The second-order valence-electron chi connectivity index (χ2n) is 7.07. The van der Waals surface area contributed by atoms with Crippen LogP contribution < -0.4 is 24.4 Å². The molecule has 0 unspecified atom stereocenters. The van der Waals surface area contributed by atoms with Crippen molar-refractivity contribution < 1.29 is 19.0 Å². The quantitative estimate of drug-likeness (QED) is 0.646. The molecule has 0 aliphatic carbocycles. The SMILES string of the molecule is CCOc1ccc(OCC(=O)NCCN2CCN(c3ccc(OC)cc3)CC2)cc1. The molecule has 3 rings (SSSR count). The van der Waals surface area contributed by atoms with E-state index in [0.717, 1.165) is 44.2 Å². The Morgan fingerprint density at radius 1 is 0.900 bits per heavy atom. The highest BCUT2D eigenvalue weighted by molar-refractivity contribution is 5.77. The molecule has 7 heteroatoms. The highest BCUT2D eigenvalue weighted by Gasteiger charge is 2.17. The first-order chi connectivity index (χ1) is 14.7. The third-order valence-corrected chi connectivity index (χ3v) is 5.06. The van der Waals surface area contributed by atoms with Gasteiger partial charge in [-0.25, -0.2) is 0 Å². The summed E-state index contributed by atoms with van der Waals surface area (Å²) in [6.45, 7) is 7.94. The van der Waals surface area contributed by atoms with Gasteiger partial charge in [0.1, 0.15) is 17.2 Å². The summed E-state index contributed by atoms with van der Waals surface area (Å²) >= 11 is 0. The maximum absolute atomic E-state index is 12.0. The lowest BCUT2D eigenvalue weighted by Gasteiger charge is -2.36. The molecule has 2 aromatic rings. The monoisotopic (exact) mass is 413 g/mol. The van der Waals surface area contributed by atoms with E-state index >= 15 is 0 Å². The van der Waals surface area contributed by atoms with E-state index in [0.29, 0.717) is 18.9 Å². The second kappa shape index (κ2) is 11.3. The summed E-state index contributed by atoms with van der Waals surface area (Å²) in [7, 11) is 1.68. The third-order valence-electron chi connectivity index (χ3n) is 5.06. The fourth-order valence-electron chi connectivity index (χ4n) is 3.37. The molecule has 1 aliphatic heterocycles. The van der Waals surface area contributed by atoms with Gasteiger partial charge in [0.05, 0.1) is 13.7 Å². The van der Waals surface area contributed by atoms with Gasteiger partial charge in [-0.15, -0.1) is 0 Å². The summed E-state index contributed by atoms with van der Waals surface area (Å²) in [6.07, 6.45) is 0. The van der Waals surface area contributed by atoms with Crippen LogP contribution in [0.1, 0.15) is 6.92 Å². The van der Waals surface area contributed by atoms with Crippen molar-refractivity contribution in [1.82, 2.24) is 10.2 Å². The van der Waals surface area contributed by atoms with Gasteiger partial charge in [0.2, 0.25) is 0 Å². The van der Waals surface area contributed by atoms with Crippen LogP contribution in [0.3, 0.4) is 0 Å². The summed E-state index contributed by atoms with van der Waals surface area (Å²) in [6, 6.07) is 15.5. The molecular weight excluding hydrogens is 382 g/mol. The van der Waals surface area contributed by atoms with E-state index in [9.17, 15) is 4.79 Å². The Kier molecular flexibility index (Phi) is 8.20. The molecule has 0 atom stereocenters. The Balaban J connectivity index is 1.30. The molecule has 1 heterocycles. The number of nitrogens with one attached hydrogen (secondary N) is 1. The van der Waals surface area contributed by atoms with Crippen molar-refractivity contribution >= 4 is 11.6 Å². The van der Waals surface area contributed by atoms with Crippen LogP contribution in [0.5, 0.6) is 17.2 Å². The van der Waals surface area contributed by atoms with E-state index in [4.69, 9.17) is 14.2 Å². The minimum atomic E-state index is -0.110. The lowest BCUT2D eigenvalue weighted by Crippen LogP contribution is -2.48. The van der Waals surface area contributed by atoms with Gasteiger partial charge in [0.25, 0.3) is 5.91 Å². The average Bonchev–Trinajstić information content (AvgIpc) is 2.79. The number of hydrogen-bond acceptors (Lipinski definition) is 6. The molecule has 7 nitrogen and oxygen atoms in total. The molecule has 0 bridgehead atoms. The largest absolute Gasteiger partial charge is 0.497 e. The Labute approximate surface area is 178 Å². The number of amides is 1. The van der Waals surface area contributed by atoms with Crippen LogP contribution >= 0.6 is 0 Å². The molecule has 1 fully saturated rings. The molecule has 162 valence electrons. The van der Waals surface area contributed by atoms with Gasteiger partial charge in [-0.2, -0.15) is 0 Å². The molecule has 0 spiro atoms. The van der Waals surface area contributed by atoms with E-state index in [1.807, 2.05) is 31.2 Å². The smallest absolute Gasteiger partial charge is 0.257 e. The molecule has 0 aromatic heterocycles. The number of carbonyl (C=O) groups excluding carboxylic acids is 1. The topological polar surface area (TPSA) is 63.3 Å². The van der Waals surface area contributed by atoms with Crippen LogP contribution in [0.4, 0.5) is 5.69 Å². The molecule has 1 N–H and O–H groups in total. The van der Waals surface area contributed by atoms with Crippen molar-refractivity contribution in [3.63, 3.8) is 0 Å². The van der Waals surface area contributed by atoms with Crippen LogP contribution in [-0.2, 0) is 4.79 Å². The van der Waals surface area contributed by atoms with Crippen molar-refractivity contribution in [3.05, 3.63) is 48.5 Å². The van der Waals surface area contributed by atoms with Crippen LogP contribution in [0.2, 0.25) is 0 Å². The molecule has 0 saturated carbocycles. The first-order valence-electron chi connectivity index (χ1n) is 10.4. The van der Waals surface area contributed by atoms with Crippen LogP contribution in [0, 0.1) is 0 Å². The van der Waals surface area contributed by atoms with Crippen LogP contribution in [-0.4, -0.2) is 70.4 Å². The number of anilines is 1. The fraction of sp³-hybridized carbons (Fsp3) is 0.435. The van der Waals surface area contributed by atoms with Crippen LogP contribution in [0.15, 0.2) is 48.5 Å². The normalized spacial score (nSPS) is 14.3. The van der Waals surface area contributed by atoms with Crippen molar-refractivity contribution in [2.75, 3.05) is 64.5 Å². The number of nitrogens with zero attached hydrogens (tertiary/aromatic N) is 2. The van der Waals surface area contributed by atoms with E-state index in [2.05, 4.69) is 27.2 Å². The Morgan fingerprint density at radius 2 is 1.50 bits per heavy atom. The summed E-state index contributed by atoms with van der Waals surface area (Å²) in [5.74, 6) is 2.21. The first-order valence-corrected chi connectivity index (χ1v) is 10.4. The Morgan fingerprint density at radius 3 is 2.10 bits per heavy atom. The number of methoxy groups -OCH3 is 1. The number of rotatable bonds is 10. The third kappa shape index (κ3) is 6.56. The Bertz CT molecular complexity index is 772. The van der Waals surface area contributed by atoms with Gasteiger partial charge in [0.15, 0.2) is 6.61 Å². The van der Waals surface area contributed by atoms with E-state index in [-0.39, 0.29) is 12.5 Å². The zero-order valence-corrected chi connectivity index (χ0v) is 17.8. The Hall–Kier alpha value is -2.93. The standard InChI is InChI=1S/C23H31N3O4/c1-3-29-21-8-10-22(11-9-21)30-18-23(27)24-12-13-25-14-16-26(17-15-25)19-4-6-20(28-2)7-5-19/h4-11H,3,12-18H2,1-2H3,(H,24,27). The lowest BCUT2D eigenvalue weighted by molar-refractivity contribution is -0.123. The molecule has 1 aliphatic rings. The molecule has 1 amide bonds. The van der Waals surface area contributed by atoms with Crippen molar-refractivity contribution in [1.29, 1.82) is 0 Å². The van der Waals surface area contributed by atoms with Gasteiger partial charge in [-0.3, -0.25) is 9.69 Å². The van der Waals surface area contributed by atoms with Crippen molar-refractivity contribution in [3.8, 4) is 17.2 Å². The fourth-order valence-corrected chi connectivity index (χ4v) is 3.37. The predicted octanol–water partition coefficient (Wildman–Crippen LogP) is 2.41. The van der Waals surface area contributed by atoms with Gasteiger partial charge < -0.3 is 24.4 Å². The van der Waals surface area contributed by atoms with E-state index < -0.39 is 0 Å². The van der Waals surface area contributed by atoms with Crippen LogP contribution in [0.25, 0.3) is 0 Å². The predicted molar refractivity (Wildman–Crippen MR) is 118 cm³/mol. The number of piperazine rings is 1. The number of hydrogen-bond donors (Lipinski definition) is 1. The maximum Gasteiger partial charge on any atom is 0.257 e. The van der Waals surface area contributed by atoms with Gasteiger partial charge in [-0.1, -0.05) is 0 Å². The van der Waals surface area contributed by atoms with E-state index in [1.165, 1.54) is 5.69 Å². The van der Waals surface area contributed by atoms with Gasteiger partial charge in [0, 0.05) is 45.0 Å². The lowest BCUT2D eigenvalue weighted by atomic mass is 10.2. The molecule has 30 heavy (non-hydrogen) atoms. The molecule has 1 saturated heterocycles. The second-order valence-corrected chi connectivity index (χ2v) is 7.07. The van der Waals surface area contributed by atoms with E-state index in [1.54, 1.807) is 19.2 Å². The number of carbonyl (C=O) groups is 1. The van der Waals surface area contributed by atoms with Gasteiger partial charge >= 0.3 is 0 Å². The zero-order valence-electron chi connectivity index (χ0n) is 17.8. The summed E-state index contributed by atoms with van der Waals surface area (Å²) in [5, 5.41) is 2.93. The minimum Gasteiger partial charge on any atom is -0.497 e. The summed E-state index contributed by atoms with van der Waals surface area (Å²) < 4.78 is 16.1. The minimum absolute atomic E-state index is 0.0131. The van der Waals surface area contributed by atoms with Crippen molar-refractivity contribution in [2.24, 2.45) is 0 Å². The molecular formula is C23H31N3O4. The summed E-state index contributed by atoms with van der Waals surface area (Å²) in [4.78, 5) is 16.8. The highest BCUT2D eigenvalue weighted by Crippen LogP contribution is 2.20.